The molecule has 3 saturated carbocycles. The molecule has 0 saturated heterocycles. The summed E-state index contributed by atoms with van der Waals surface area (Å²) < 4.78 is 14.2. The van der Waals surface area contributed by atoms with Crippen LogP contribution in [0, 0.1) is 28.6 Å². The molecule has 22 heavy (non-hydrogen) atoms. The van der Waals surface area contributed by atoms with E-state index in [0.717, 1.165) is 38.5 Å². The molecule has 0 heterocycles. The molecule has 3 fully saturated rings. The third kappa shape index (κ3) is 1.73. The van der Waals surface area contributed by atoms with Gasteiger partial charge in [0.2, 0.25) is 0 Å². The van der Waals surface area contributed by atoms with Gasteiger partial charge in [-0.05, 0) is 68.1 Å². The topological polar surface area (TPSA) is 40.5 Å². The van der Waals surface area contributed by atoms with Crippen LogP contribution in [0.2, 0.25) is 0 Å². The quantitative estimate of drug-likeness (QED) is 0.671. The van der Waals surface area contributed by atoms with Gasteiger partial charge in [0.1, 0.15) is 6.17 Å². The van der Waals surface area contributed by atoms with Crippen LogP contribution < -0.4 is 0 Å². The molecule has 4 rings (SSSR count). The Kier molecular flexibility index (Phi) is 3.30. The molecule has 2 N–H and O–H groups in total. The monoisotopic (exact) mass is 308 g/mol. The zero-order valence-corrected chi connectivity index (χ0v) is 13.8. The third-order valence-corrected chi connectivity index (χ3v) is 8.09. The maximum Gasteiger partial charge on any atom is 0.127 e. The van der Waals surface area contributed by atoms with Crippen LogP contribution in [-0.2, 0) is 0 Å². The highest BCUT2D eigenvalue weighted by Gasteiger charge is 2.62. The van der Waals surface area contributed by atoms with Crippen LogP contribution >= 0.6 is 0 Å². The summed E-state index contributed by atoms with van der Waals surface area (Å²) in [7, 11) is 0. The number of hydrogen-bond donors (Lipinski definition) is 2. The molecule has 0 bridgehead atoms. The zero-order chi connectivity index (χ0) is 15.7. The van der Waals surface area contributed by atoms with Gasteiger partial charge in [0.15, 0.2) is 0 Å². The molecule has 0 aliphatic heterocycles. The summed E-state index contributed by atoms with van der Waals surface area (Å²) in [6.07, 6.45) is 6.78. The Balaban J connectivity index is 1.72. The van der Waals surface area contributed by atoms with E-state index < -0.39 is 12.3 Å². The second kappa shape index (κ2) is 4.80. The predicted octanol–water partition coefficient (Wildman–Crippen LogP) is 3.62. The van der Waals surface area contributed by atoms with Crippen molar-refractivity contribution >= 4 is 0 Å². The first-order chi connectivity index (χ1) is 10.4. The number of aliphatic hydroxyl groups is 2. The number of hydrogen-bond acceptors (Lipinski definition) is 2. The molecule has 8 atom stereocenters. The Morgan fingerprint density at radius 3 is 2.73 bits per heavy atom. The van der Waals surface area contributed by atoms with Gasteiger partial charge in [-0.1, -0.05) is 25.5 Å². The van der Waals surface area contributed by atoms with Crippen LogP contribution in [-0.4, -0.2) is 28.6 Å². The second-order valence-electron chi connectivity index (χ2n) is 8.77. The first-order valence-electron chi connectivity index (χ1n) is 9.08. The first kappa shape index (κ1) is 15.1. The van der Waals surface area contributed by atoms with Crippen molar-refractivity contribution in [3.8, 4) is 0 Å². The molecule has 0 spiro atoms. The number of allylic oxidation sites excluding steroid dienone is 1. The Hall–Kier alpha value is -0.410. The predicted molar refractivity (Wildman–Crippen MR) is 84.0 cm³/mol. The van der Waals surface area contributed by atoms with E-state index in [0.29, 0.717) is 18.3 Å². The highest BCUT2D eigenvalue weighted by atomic mass is 19.1. The summed E-state index contributed by atoms with van der Waals surface area (Å²) >= 11 is 0. The van der Waals surface area contributed by atoms with Crippen molar-refractivity contribution in [2.24, 2.45) is 28.6 Å². The summed E-state index contributed by atoms with van der Waals surface area (Å²) in [6, 6.07) is 0. The molecule has 124 valence electrons. The zero-order valence-electron chi connectivity index (χ0n) is 13.8. The van der Waals surface area contributed by atoms with E-state index >= 15 is 0 Å². The minimum Gasteiger partial charge on any atom is -0.392 e. The Morgan fingerprint density at radius 1 is 1.18 bits per heavy atom. The van der Waals surface area contributed by atoms with Crippen molar-refractivity contribution in [3.63, 3.8) is 0 Å². The molecule has 0 radical (unpaired) electrons. The third-order valence-electron chi connectivity index (χ3n) is 8.09. The van der Waals surface area contributed by atoms with Crippen molar-refractivity contribution in [1.29, 1.82) is 0 Å². The Labute approximate surface area is 132 Å². The molecule has 0 amide bonds. The van der Waals surface area contributed by atoms with Crippen molar-refractivity contribution in [2.45, 2.75) is 77.2 Å². The minimum atomic E-state index is -1.07. The fourth-order valence-corrected chi connectivity index (χ4v) is 6.66. The lowest BCUT2D eigenvalue weighted by Gasteiger charge is -2.58. The molecule has 2 nitrogen and oxygen atoms in total. The van der Waals surface area contributed by atoms with E-state index in [-0.39, 0.29) is 22.9 Å². The van der Waals surface area contributed by atoms with Crippen LogP contribution in [0.3, 0.4) is 0 Å². The molecule has 0 aromatic rings. The molecule has 0 aromatic carbocycles. The van der Waals surface area contributed by atoms with Gasteiger partial charge in [-0.15, -0.1) is 0 Å². The maximum absolute atomic E-state index is 14.2. The number of fused-ring (bicyclic) bond motifs is 5. The van der Waals surface area contributed by atoms with Crippen LogP contribution in [0.25, 0.3) is 0 Å². The van der Waals surface area contributed by atoms with Crippen molar-refractivity contribution in [1.82, 2.24) is 0 Å². The Bertz CT molecular complexity index is 504. The van der Waals surface area contributed by atoms with Gasteiger partial charge in [-0.3, -0.25) is 0 Å². The fourth-order valence-electron chi connectivity index (χ4n) is 6.66. The van der Waals surface area contributed by atoms with Gasteiger partial charge in [-0.25, -0.2) is 4.39 Å². The van der Waals surface area contributed by atoms with Crippen LogP contribution in [0.5, 0.6) is 0 Å². The maximum atomic E-state index is 14.2. The van der Waals surface area contributed by atoms with E-state index in [2.05, 4.69) is 19.9 Å². The van der Waals surface area contributed by atoms with Gasteiger partial charge >= 0.3 is 0 Å². The van der Waals surface area contributed by atoms with Crippen LogP contribution in [0.1, 0.15) is 58.8 Å². The Morgan fingerprint density at radius 2 is 1.95 bits per heavy atom. The van der Waals surface area contributed by atoms with E-state index in [4.69, 9.17) is 0 Å². The number of aliphatic hydroxyl groups excluding tert-OH is 2. The summed E-state index contributed by atoms with van der Waals surface area (Å²) in [5.74, 6) is 1.15. The lowest BCUT2D eigenvalue weighted by molar-refractivity contribution is -0.102. The molecule has 0 aromatic heterocycles. The van der Waals surface area contributed by atoms with Gasteiger partial charge < -0.3 is 10.2 Å². The number of rotatable bonds is 0. The standard InChI is InChI=1S/C19H29FO2/c1-18-9-8-13-12(14(18)10-15(20)17(18)22)7-6-11-4-3-5-16(21)19(11,13)2/h6,12-17,21-22H,3-5,7-10H2,1-2H3/t12-,13+,14+,15-,16+,17-,18+,19+/m1/s1. The van der Waals surface area contributed by atoms with E-state index in [1.54, 1.807) is 0 Å². The molecule has 4 aliphatic carbocycles. The fraction of sp³-hybridized carbons (Fsp3) is 0.895. The van der Waals surface area contributed by atoms with Gasteiger partial charge in [0.05, 0.1) is 12.2 Å². The van der Waals surface area contributed by atoms with Gasteiger partial charge in [-0.2, -0.15) is 0 Å². The molecule has 0 unspecified atom stereocenters. The van der Waals surface area contributed by atoms with Crippen LogP contribution in [0.4, 0.5) is 4.39 Å². The molecular formula is C19H29FO2. The van der Waals surface area contributed by atoms with E-state index in [1.165, 1.54) is 5.57 Å². The average Bonchev–Trinajstić information content (AvgIpc) is 2.72. The SMILES string of the molecule is C[C@]12CC[C@H]3[C@@H](CC=C4CCC[C@H](O)[C@@]43C)[C@@H]1C[C@@H](F)[C@H]2O. The summed E-state index contributed by atoms with van der Waals surface area (Å²) in [4.78, 5) is 0. The second-order valence-corrected chi connectivity index (χ2v) is 8.77. The first-order valence-corrected chi connectivity index (χ1v) is 9.08. The van der Waals surface area contributed by atoms with Crippen molar-refractivity contribution < 1.29 is 14.6 Å². The molecule has 3 heteroatoms. The van der Waals surface area contributed by atoms with Crippen molar-refractivity contribution in [2.75, 3.05) is 0 Å². The number of halogens is 1. The van der Waals surface area contributed by atoms with E-state index in [9.17, 15) is 14.6 Å². The van der Waals surface area contributed by atoms with E-state index in [1.807, 2.05) is 0 Å². The van der Waals surface area contributed by atoms with Gasteiger partial charge in [0.25, 0.3) is 0 Å². The van der Waals surface area contributed by atoms with Crippen molar-refractivity contribution in [3.05, 3.63) is 11.6 Å². The smallest absolute Gasteiger partial charge is 0.127 e. The molecule has 4 aliphatic rings. The number of alkyl halides is 1. The highest BCUT2D eigenvalue weighted by molar-refractivity contribution is 5.26. The van der Waals surface area contributed by atoms with Crippen LogP contribution in [0.15, 0.2) is 11.6 Å². The molecular weight excluding hydrogens is 279 g/mol. The normalized spacial score (nSPS) is 57.6. The summed E-state index contributed by atoms with van der Waals surface area (Å²) in [5.41, 5.74) is 1.08. The lowest BCUT2D eigenvalue weighted by Crippen LogP contribution is -2.54. The largest absolute Gasteiger partial charge is 0.392 e. The average molecular weight is 308 g/mol. The lowest BCUT2D eigenvalue weighted by atomic mass is 9.47. The highest BCUT2D eigenvalue weighted by Crippen LogP contribution is 2.65. The summed E-state index contributed by atoms with van der Waals surface area (Å²) in [5, 5.41) is 21.1. The summed E-state index contributed by atoms with van der Waals surface area (Å²) in [6.45, 7) is 4.34. The van der Waals surface area contributed by atoms with Gasteiger partial charge in [0, 0.05) is 5.41 Å². The minimum absolute atomic E-state index is 0.109.